The van der Waals surface area contributed by atoms with Crippen molar-refractivity contribution in [3.8, 4) is 0 Å². The largest absolute Gasteiger partial charge is 0.478 e. The first-order valence-corrected chi connectivity index (χ1v) is 8.21. The molecule has 0 unspecified atom stereocenters. The zero-order valence-electron chi connectivity index (χ0n) is 13.0. The fourth-order valence-electron chi connectivity index (χ4n) is 1.97. The number of carboxylic acids is 1. The number of carboxylic acid groups (broad SMARTS) is 1. The Kier molecular flexibility index (Phi) is 5.81. The quantitative estimate of drug-likeness (QED) is 0.808. The van der Waals surface area contributed by atoms with E-state index in [0.717, 1.165) is 22.6 Å². The van der Waals surface area contributed by atoms with Crippen molar-refractivity contribution in [2.75, 3.05) is 5.75 Å². The Hall–Kier alpha value is -2.28. The first-order chi connectivity index (χ1) is 11.0. The number of aromatic carboxylic acids is 1. The molecule has 2 rings (SSSR count). The lowest BCUT2D eigenvalue weighted by atomic mass is 10.1. The molecule has 6 nitrogen and oxygen atoms in total. The molecular formula is C16H18N2O4S. The first kappa shape index (κ1) is 17.1. The van der Waals surface area contributed by atoms with Crippen LogP contribution in [0.3, 0.4) is 0 Å². The van der Waals surface area contributed by atoms with Crippen molar-refractivity contribution >= 4 is 23.6 Å². The number of hydrogen-bond acceptors (Lipinski definition) is 5. The monoisotopic (exact) mass is 334 g/mol. The summed E-state index contributed by atoms with van der Waals surface area (Å²) in [5.74, 6) is 0.786. The number of aromatic nitrogens is 1. The maximum Gasteiger partial charge on any atom is 0.335 e. The fourth-order valence-corrected chi connectivity index (χ4v) is 2.98. The van der Waals surface area contributed by atoms with Gasteiger partial charge in [-0.3, -0.25) is 4.79 Å². The van der Waals surface area contributed by atoms with E-state index in [0.29, 0.717) is 18.1 Å². The van der Waals surface area contributed by atoms with Crippen LogP contribution in [-0.2, 0) is 17.1 Å². The van der Waals surface area contributed by atoms with E-state index < -0.39 is 5.97 Å². The van der Waals surface area contributed by atoms with E-state index in [2.05, 4.69) is 10.5 Å². The lowest BCUT2D eigenvalue weighted by Crippen LogP contribution is -2.24. The molecule has 1 heterocycles. The predicted molar refractivity (Wildman–Crippen MR) is 87.4 cm³/mol. The molecule has 0 aliphatic rings. The molecular weight excluding hydrogens is 316 g/mol. The van der Waals surface area contributed by atoms with Crippen molar-refractivity contribution in [3.63, 3.8) is 0 Å². The summed E-state index contributed by atoms with van der Waals surface area (Å²) >= 11 is 1.50. The summed E-state index contributed by atoms with van der Waals surface area (Å²) in [6, 6.07) is 6.44. The molecule has 23 heavy (non-hydrogen) atoms. The standard InChI is InChI=1S/C16H18N2O4S/c1-10-14(11(2)22-18-10)8-23-9-15(19)17-7-12-3-5-13(6-4-12)16(20)21/h3-6H,7-9H2,1-2H3,(H,17,19)(H,20,21). The number of thioether (sulfide) groups is 1. The second-order valence-corrected chi connectivity index (χ2v) is 6.06. The molecule has 0 atom stereocenters. The van der Waals surface area contributed by atoms with Crippen LogP contribution in [0, 0.1) is 13.8 Å². The smallest absolute Gasteiger partial charge is 0.335 e. The average Bonchev–Trinajstić information content (AvgIpc) is 2.85. The highest BCUT2D eigenvalue weighted by atomic mass is 32.2. The third-order valence-electron chi connectivity index (χ3n) is 3.35. The van der Waals surface area contributed by atoms with Crippen LogP contribution in [-0.4, -0.2) is 27.9 Å². The Morgan fingerprint density at radius 2 is 1.96 bits per heavy atom. The first-order valence-electron chi connectivity index (χ1n) is 7.06. The summed E-state index contributed by atoms with van der Waals surface area (Å²) in [6.07, 6.45) is 0. The Balaban J connectivity index is 1.74. The molecule has 1 aromatic carbocycles. The highest BCUT2D eigenvalue weighted by Crippen LogP contribution is 2.19. The molecule has 1 aromatic heterocycles. The summed E-state index contributed by atoms with van der Waals surface area (Å²) in [6.45, 7) is 4.12. The predicted octanol–water partition coefficient (Wildman–Crippen LogP) is 2.54. The molecule has 0 saturated carbocycles. The summed E-state index contributed by atoms with van der Waals surface area (Å²) in [5, 5.41) is 15.5. The third kappa shape index (κ3) is 4.85. The lowest BCUT2D eigenvalue weighted by Gasteiger charge is -2.06. The zero-order valence-corrected chi connectivity index (χ0v) is 13.8. The minimum Gasteiger partial charge on any atom is -0.478 e. The van der Waals surface area contributed by atoms with Crippen LogP contribution in [0.5, 0.6) is 0 Å². The van der Waals surface area contributed by atoms with Gasteiger partial charge in [-0.25, -0.2) is 4.79 Å². The fraction of sp³-hybridized carbons (Fsp3) is 0.312. The minimum absolute atomic E-state index is 0.0657. The molecule has 2 aromatic rings. The number of amides is 1. The number of rotatable bonds is 7. The Morgan fingerprint density at radius 1 is 1.26 bits per heavy atom. The van der Waals surface area contributed by atoms with Crippen LogP contribution in [0.4, 0.5) is 0 Å². The van der Waals surface area contributed by atoms with Gasteiger partial charge < -0.3 is 14.9 Å². The van der Waals surface area contributed by atoms with Crippen LogP contribution in [0.15, 0.2) is 28.8 Å². The average molecular weight is 334 g/mol. The molecule has 0 aliphatic carbocycles. The number of benzene rings is 1. The third-order valence-corrected chi connectivity index (χ3v) is 4.31. The molecule has 122 valence electrons. The van der Waals surface area contributed by atoms with Crippen LogP contribution < -0.4 is 5.32 Å². The maximum absolute atomic E-state index is 11.8. The minimum atomic E-state index is -0.962. The maximum atomic E-state index is 11.8. The van der Waals surface area contributed by atoms with E-state index in [9.17, 15) is 9.59 Å². The molecule has 0 saturated heterocycles. The number of nitrogens with zero attached hydrogens (tertiary/aromatic N) is 1. The molecule has 1 amide bonds. The van der Waals surface area contributed by atoms with Crippen LogP contribution in [0.2, 0.25) is 0 Å². The van der Waals surface area contributed by atoms with Gasteiger partial charge in [-0.05, 0) is 31.5 Å². The highest BCUT2D eigenvalue weighted by molar-refractivity contribution is 7.99. The Morgan fingerprint density at radius 3 is 2.52 bits per heavy atom. The molecule has 0 bridgehead atoms. The number of nitrogens with one attached hydrogen (secondary N) is 1. The van der Waals surface area contributed by atoms with Gasteiger partial charge >= 0.3 is 5.97 Å². The lowest BCUT2D eigenvalue weighted by molar-refractivity contribution is -0.118. The summed E-state index contributed by atoms with van der Waals surface area (Å²) < 4.78 is 5.08. The van der Waals surface area contributed by atoms with Gasteiger partial charge in [0.25, 0.3) is 0 Å². The van der Waals surface area contributed by atoms with Crippen LogP contribution >= 0.6 is 11.8 Å². The normalized spacial score (nSPS) is 10.5. The van der Waals surface area contributed by atoms with E-state index in [1.165, 1.54) is 23.9 Å². The summed E-state index contributed by atoms with van der Waals surface area (Å²) in [4.78, 5) is 22.6. The Labute approximate surface area is 138 Å². The van der Waals surface area contributed by atoms with Crippen molar-refractivity contribution in [2.24, 2.45) is 0 Å². The number of carbonyl (C=O) groups excluding carboxylic acids is 1. The summed E-state index contributed by atoms with van der Waals surface area (Å²) in [7, 11) is 0. The van der Waals surface area contributed by atoms with Gasteiger partial charge in [-0.1, -0.05) is 17.3 Å². The Bertz CT molecular complexity index is 675. The number of carbonyl (C=O) groups is 2. The molecule has 7 heteroatoms. The molecule has 0 aliphatic heterocycles. The molecule has 0 radical (unpaired) electrons. The van der Waals surface area contributed by atoms with Crippen molar-refractivity contribution in [1.29, 1.82) is 0 Å². The van der Waals surface area contributed by atoms with E-state index in [4.69, 9.17) is 9.63 Å². The van der Waals surface area contributed by atoms with Crippen molar-refractivity contribution in [1.82, 2.24) is 10.5 Å². The van der Waals surface area contributed by atoms with Crippen molar-refractivity contribution in [3.05, 3.63) is 52.4 Å². The van der Waals surface area contributed by atoms with Gasteiger partial charge in [-0.15, -0.1) is 11.8 Å². The van der Waals surface area contributed by atoms with Crippen molar-refractivity contribution in [2.45, 2.75) is 26.1 Å². The summed E-state index contributed by atoms with van der Waals surface area (Å²) in [5.41, 5.74) is 2.98. The van der Waals surface area contributed by atoms with E-state index >= 15 is 0 Å². The topological polar surface area (TPSA) is 92.4 Å². The van der Waals surface area contributed by atoms with Gasteiger partial charge in [0.15, 0.2) is 0 Å². The van der Waals surface area contributed by atoms with Gasteiger partial charge in [0.05, 0.1) is 17.0 Å². The van der Waals surface area contributed by atoms with Gasteiger partial charge in [0.2, 0.25) is 5.91 Å². The SMILES string of the molecule is Cc1noc(C)c1CSCC(=O)NCc1ccc(C(=O)O)cc1. The molecule has 2 N–H and O–H groups in total. The zero-order chi connectivity index (χ0) is 16.8. The number of hydrogen-bond donors (Lipinski definition) is 2. The van der Waals surface area contributed by atoms with E-state index in [1.54, 1.807) is 12.1 Å². The van der Waals surface area contributed by atoms with Gasteiger partial charge in [0.1, 0.15) is 5.76 Å². The second-order valence-electron chi connectivity index (χ2n) is 5.07. The van der Waals surface area contributed by atoms with Gasteiger partial charge in [0, 0.05) is 17.9 Å². The van der Waals surface area contributed by atoms with Crippen LogP contribution in [0.1, 0.15) is 32.9 Å². The van der Waals surface area contributed by atoms with Crippen LogP contribution in [0.25, 0.3) is 0 Å². The second kappa shape index (κ2) is 7.82. The highest BCUT2D eigenvalue weighted by Gasteiger charge is 2.10. The molecule has 0 fully saturated rings. The van der Waals surface area contributed by atoms with E-state index in [-0.39, 0.29) is 11.5 Å². The van der Waals surface area contributed by atoms with Crippen molar-refractivity contribution < 1.29 is 19.2 Å². The van der Waals surface area contributed by atoms with E-state index in [1.807, 2.05) is 13.8 Å². The number of aryl methyl sites for hydroxylation is 2. The molecule has 0 spiro atoms. The van der Waals surface area contributed by atoms with Gasteiger partial charge in [-0.2, -0.15) is 0 Å².